The van der Waals surface area contributed by atoms with Gasteiger partial charge in [-0.25, -0.2) is 5.43 Å². The van der Waals surface area contributed by atoms with Crippen molar-refractivity contribution < 1.29 is 9.53 Å². The lowest BCUT2D eigenvalue weighted by Gasteiger charge is -2.18. The topological polar surface area (TPSA) is 50.7 Å². The maximum atomic E-state index is 12.3. The summed E-state index contributed by atoms with van der Waals surface area (Å²) < 4.78 is 5.73. The first-order valence-corrected chi connectivity index (χ1v) is 8.80. The zero-order valence-corrected chi connectivity index (χ0v) is 15.1. The van der Waals surface area contributed by atoms with Crippen molar-refractivity contribution >= 4 is 23.2 Å². The molecule has 1 amide bonds. The first-order chi connectivity index (χ1) is 12.0. The van der Waals surface area contributed by atoms with Crippen molar-refractivity contribution in [1.29, 1.82) is 0 Å². The van der Waals surface area contributed by atoms with Gasteiger partial charge in [-0.15, -0.1) is 0 Å². The summed E-state index contributed by atoms with van der Waals surface area (Å²) in [6.07, 6.45) is 2.31. The van der Waals surface area contributed by atoms with E-state index in [0.29, 0.717) is 10.8 Å². The minimum absolute atomic E-state index is 0.273. The van der Waals surface area contributed by atoms with Crippen LogP contribution in [0.1, 0.15) is 36.5 Å². The molecule has 0 heterocycles. The second kappa shape index (κ2) is 7.70. The fraction of sp³-hybridized carbons (Fsp3) is 0.300. The Morgan fingerprint density at radius 1 is 1.24 bits per heavy atom. The van der Waals surface area contributed by atoms with E-state index in [-0.39, 0.29) is 5.91 Å². The van der Waals surface area contributed by atoms with Crippen molar-refractivity contribution in [3.8, 4) is 5.75 Å². The van der Waals surface area contributed by atoms with E-state index in [9.17, 15) is 4.79 Å². The van der Waals surface area contributed by atoms with E-state index in [1.165, 1.54) is 5.56 Å². The molecule has 1 atom stereocenters. The van der Waals surface area contributed by atoms with E-state index < -0.39 is 6.10 Å². The number of nitrogens with zero attached hydrogens (tertiary/aromatic N) is 1. The molecule has 0 aromatic heterocycles. The molecule has 0 saturated carbocycles. The van der Waals surface area contributed by atoms with Gasteiger partial charge >= 0.3 is 0 Å². The van der Waals surface area contributed by atoms with Crippen LogP contribution in [-0.2, 0) is 11.2 Å². The number of amides is 1. The van der Waals surface area contributed by atoms with Crippen molar-refractivity contribution in [3.63, 3.8) is 0 Å². The van der Waals surface area contributed by atoms with Gasteiger partial charge in [-0.05, 0) is 62.4 Å². The van der Waals surface area contributed by atoms with E-state index in [4.69, 9.17) is 16.3 Å². The predicted octanol–water partition coefficient (Wildman–Crippen LogP) is 4.27. The highest BCUT2D eigenvalue weighted by atomic mass is 35.5. The van der Waals surface area contributed by atoms with Gasteiger partial charge in [0, 0.05) is 10.6 Å². The van der Waals surface area contributed by atoms with Crippen molar-refractivity contribution in [2.75, 3.05) is 0 Å². The van der Waals surface area contributed by atoms with Crippen molar-refractivity contribution in [3.05, 3.63) is 64.2 Å². The van der Waals surface area contributed by atoms with Crippen molar-refractivity contribution in [2.45, 2.75) is 39.2 Å². The number of carbonyl (C=O) groups is 1. The Balaban J connectivity index is 1.66. The Morgan fingerprint density at radius 2 is 2.04 bits per heavy atom. The summed E-state index contributed by atoms with van der Waals surface area (Å²) >= 11 is 5.94. The summed E-state index contributed by atoms with van der Waals surface area (Å²) in [5, 5.41) is 4.98. The molecule has 1 unspecified atom stereocenters. The first-order valence-electron chi connectivity index (χ1n) is 8.42. The minimum atomic E-state index is -0.650. The Morgan fingerprint density at radius 3 is 2.84 bits per heavy atom. The average molecular weight is 357 g/mol. The Bertz CT molecular complexity index is 817. The number of hydrogen-bond acceptors (Lipinski definition) is 3. The fourth-order valence-corrected chi connectivity index (χ4v) is 3.15. The third-order valence-corrected chi connectivity index (χ3v) is 4.53. The van der Waals surface area contributed by atoms with Crippen molar-refractivity contribution in [1.82, 2.24) is 5.43 Å². The Hall–Kier alpha value is -2.33. The van der Waals surface area contributed by atoms with Gasteiger partial charge in [0.15, 0.2) is 6.10 Å². The molecule has 0 spiro atoms. The molecular formula is C20H21ClN2O2. The molecule has 0 radical (unpaired) electrons. The third kappa shape index (κ3) is 4.20. The summed E-state index contributed by atoms with van der Waals surface area (Å²) in [4.78, 5) is 12.3. The van der Waals surface area contributed by atoms with Crippen LogP contribution in [0, 0.1) is 6.92 Å². The monoisotopic (exact) mass is 356 g/mol. The lowest BCUT2D eigenvalue weighted by Crippen LogP contribution is -2.34. The van der Waals surface area contributed by atoms with Gasteiger partial charge in [0.2, 0.25) is 0 Å². The molecule has 0 bridgehead atoms. The Kier molecular flexibility index (Phi) is 5.39. The highest BCUT2D eigenvalue weighted by Gasteiger charge is 2.18. The number of carbonyl (C=O) groups excluding carboxylic acids is 1. The minimum Gasteiger partial charge on any atom is -0.481 e. The number of aryl methyl sites for hydroxylation is 2. The number of benzene rings is 2. The van der Waals surface area contributed by atoms with E-state index in [1.807, 2.05) is 19.1 Å². The fourth-order valence-electron chi connectivity index (χ4n) is 2.92. The molecule has 2 aromatic carbocycles. The zero-order chi connectivity index (χ0) is 17.8. The van der Waals surface area contributed by atoms with Gasteiger partial charge in [-0.3, -0.25) is 4.79 Å². The number of halogens is 1. The summed E-state index contributed by atoms with van der Waals surface area (Å²) in [7, 11) is 0. The summed E-state index contributed by atoms with van der Waals surface area (Å²) in [6.45, 7) is 3.60. The molecule has 25 heavy (non-hydrogen) atoms. The molecule has 0 fully saturated rings. The number of hydrazone groups is 1. The second-order valence-electron chi connectivity index (χ2n) is 6.22. The number of nitrogens with one attached hydrogen (secondary N) is 1. The number of ether oxygens (including phenoxy) is 1. The Labute approximate surface area is 152 Å². The third-order valence-electron chi connectivity index (χ3n) is 4.30. The average Bonchev–Trinajstić information content (AvgIpc) is 2.61. The second-order valence-corrected chi connectivity index (χ2v) is 6.65. The molecule has 1 aliphatic rings. The summed E-state index contributed by atoms with van der Waals surface area (Å²) in [6, 6.07) is 13.5. The van der Waals surface area contributed by atoms with Gasteiger partial charge in [0.05, 0.1) is 5.71 Å². The quantitative estimate of drug-likeness (QED) is 0.831. The molecule has 3 rings (SSSR count). The molecule has 1 N–H and O–H groups in total. The smallest absolute Gasteiger partial charge is 0.280 e. The van der Waals surface area contributed by atoms with E-state index >= 15 is 0 Å². The number of hydrogen-bond donors (Lipinski definition) is 1. The molecule has 0 saturated heterocycles. The van der Waals surface area contributed by atoms with Crippen LogP contribution in [0.3, 0.4) is 0 Å². The highest BCUT2D eigenvalue weighted by Crippen LogP contribution is 2.23. The van der Waals surface area contributed by atoms with Crippen LogP contribution in [0.25, 0.3) is 0 Å². The molecule has 4 nitrogen and oxygen atoms in total. The van der Waals surface area contributed by atoms with Gasteiger partial charge in [0.25, 0.3) is 5.91 Å². The van der Waals surface area contributed by atoms with Crippen molar-refractivity contribution in [2.24, 2.45) is 5.10 Å². The maximum absolute atomic E-state index is 12.3. The lowest BCUT2D eigenvalue weighted by atomic mass is 9.90. The van der Waals surface area contributed by atoms with Crippen LogP contribution in [0.4, 0.5) is 0 Å². The first kappa shape index (κ1) is 17.5. The molecule has 5 heteroatoms. The van der Waals surface area contributed by atoms with E-state index in [1.54, 1.807) is 25.1 Å². The number of fused-ring (bicyclic) bond motifs is 1. The normalized spacial score (nSPS) is 16.2. The predicted molar refractivity (Wildman–Crippen MR) is 100 cm³/mol. The lowest BCUT2D eigenvalue weighted by molar-refractivity contribution is -0.127. The summed E-state index contributed by atoms with van der Waals surface area (Å²) in [5.74, 6) is 0.368. The standard InChI is InChI=1S/C20H21ClN2O2/c1-13-12-16(21)10-11-19(13)25-14(2)20(24)23-22-18-9-5-7-15-6-3-4-8-17(15)18/h3-4,6,8,10-12,14H,5,7,9H2,1-2H3,(H,23,24)/b22-18-. The van der Waals surface area contributed by atoms with Crippen LogP contribution in [-0.4, -0.2) is 17.7 Å². The van der Waals surface area contributed by atoms with Gasteiger partial charge < -0.3 is 4.74 Å². The molecular weight excluding hydrogens is 336 g/mol. The maximum Gasteiger partial charge on any atom is 0.280 e. The van der Waals surface area contributed by atoms with Crippen LogP contribution in [0.2, 0.25) is 5.02 Å². The summed E-state index contributed by atoms with van der Waals surface area (Å²) in [5.41, 5.74) is 6.85. The number of rotatable bonds is 4. The zero-order valence-electron chi connectivity index (χ0n) is 14.4. The van der Waals surface area contributed by atoms with Crippen LogP contribution >= 0.6 is 11.6 Å². The SMILES string of the molecule is Cc1cc(Cl)ccc1OC(C)C(=O)N/N=C1/CCCc2ccccc21. The van der Waals surface area contributed by atoms with Crippen LogP contribution < -0.4 is 10.2 Å². The van der Waals surface area contributed by atoms with E-state index in [0.717, 1.165) is 36.1 Å². The van der Waals surface area contributed by atoms with E-state index in [2.05, 4.69) is 22.7 Å². The molecule has 1 aliphatic carbocycles. The van der Waals surface area contributed by atoms with Gasteiger partial charge in [-0.2, -0.15) is 5.10 Å². The van der Waals surface area contributed by atoms with Gasteiger partial charge in [-0.1, -0.05) is 35.9 Å². The molecule has 130 valence electrons. The van der Waals surface area contributed by atoms with Gasteiger partial charge in [0.1, 0.15) is 5.75 Å². The van der Waals surface area contributed by atoms with Crippen LogP contribution in [0.15, 0.2) is 47.6 Å². The van der Waals surface area contributed by atoms with Crippen LogP contribution in [0.5, 0.6) is 5.75 Å². The molecule has 2 aromatic rings. The largest absolute Gasteiger partial charge is 0.481 e. The molecule has 0 aliphatic heterocycles. The highest BCUT2D eigenvalue weighted by molar-refractivity contribution is 6.30.